The van der Waals surface area contributed by atoms with Crippen LogP contribution in [-0.2, 0) is 9.59 Å². The van der Waals surface area contributed by atoms with Crippen LogP contribution in [-0.4, -0.2) is 58.5 Å². The van der Waals surface area contributed by atoms with Crippen LogP contribution < -0.4 is 0 Å². The Morgan fingerprint density at radius 2 is 1.75 bits per heavy atom. The summed E-state index contributed by atoms with van der Waals surface area (Å²) in [7, 11) is 0. The second-order valence-corrected chi connectivity index (χ2v) is 6.10. The fourth-order valence-electron chi connectivity index (χ4n) is 1.85. The van der Waals surface area contributed by atoms with Crippen LogP contribution in [0.2, 0.25) is 0 Å². The highest BCUT2D eigenvalue weighted by Gasteiger charge is 2.25. The Morgan fingerprint density at radius 3 is 2.10 bits per heavy atom. The Balaban J connectivity index is 4.74. The molecular weight excluding hydrogens is 256 g/mol. The normalized spacial score (nSPS) is 11.5. The van der Waals surface area contributed by atoms with Gasteiger partial charge in [-0.15, -0.1) is 0 Å². The van der Waals surface area contributed by atoms with E-state index in [1.807, 2.05) is 39.5 Å². The predicted octanol–water partition coefficient (Wildman–Crippen LogP) is 1.99. The molecule has 0 aliphatic heterocycles. The van der Waals surface area contributed by atoms with Gasteiger partial charge in [-0.25, -0.2) is 0 Å². The lowest BCUT2D eigenvalue weighted by Gasteiger charge is -2.36. The van der Waals surface area contributed by atoms with E-state index in [1.165, 1.54) is 0 Å². The van der Waals surface area contributed by atoms with Gasteiger partial charge in [-0.1, -0.05) is 12.2 Å². The first-order valence-electron chi connectivity index (χ1n) is 6.97. The molecule has 5 heteroatoms. The third-order valence-electron chi connectivity index (χ3n) is 3.07. The fourth-order valence-corrected chi connectivity index (χ4v) is 1.85. The van der Waals surface area contributed by atoms with E-state index >= 15 is 0 Å². The van der Waals surface area contributed by atoms with Crippen molar-refractivity contribution in [2.45, 2.75) is 46.6 Å². The van der Waals surface area contributed by atoms with Crippen molar-refractivity contribution in [3.8, 4) is 0 Å². The Kier molecular flexibility index (Phi) is 7.50. The first kappa shape index (κ1) is 18.6. The number of carbonyl (C=O) groups excluding carboxylic acids is 1. The molecule has 20 heavy (non-hydrogen) atoms. The number of carbonyl (C=O) groups is 2. The second-order valence-electron chi connectivity index (χ2n) is 6.10. The molecule has 5 nitrogen and oxygen atoms in total. The number of rotatable bonds is 8. The number of aliphatic carboxylic acids is 1. The van der Waals surface area contributed by atoms with E-state index in [2.05, 4.69) is 6.58 Å². The molecule has 0 spiro atoms. The molecule has 0 unspecified atom stereocenters. The maximum Gasteiger partial charge on any atom is 0.304 e. The van der Waals surface area contributed by atoms with Crippen molar-refractivity contribution in [3.05, 3.63) is 12.2 Å². The van der Waals surface area contributed by atoms with Crippen LogP contribution in [0.25, 0.3) is 0 Å². The van der Waals surface area contributed by atoms with Crippen molar-refractivity contribution in [2.24, 2.45) is 0 Å². The third kappa shape index (κ3) is 7.28. The van der Waals surface area contributed by atoms with Crippen LogP contribution in [0.3, 0.4) is 0 Å². The minimum absolute atomic E-state index is 0.0100. The lowest BCUT2D eigenvalue weighted by molar-refractivity contribution is -0.139. The van der Waals surface area contributed by atoms with Crippen molar-refractivity contribution >= 4 is 11.9 Å². The summed E-state index contributed by atoms with van der Waals surface area (Å²) < 4.78 is 0. The highest BCUT2D eigenvalue weighted by Crippen LogP contribution is 2.14. The highest BCUT2D eigenvalue weighted by molar-refractivity contribution is 5.78. The van der Waals surface area contributed by atoms with Crippen molar-refractivity contribution in [3.63, 3.8) is 0 Å². The van der Waals surface area contributed by atoms with E-state index in [0.29, 0.717) is 19.6 Å². The molecule has 0 bridgehead atoms. The summed E-state index contributed by atoms with van der Waals surface area (Å²) in [6.07, 6.45) is 0.0389. The smallest absolute Gasteiger partial charge is 0.304 e. The summed E-state index contributed by atoms with van der Waals surface area (Å²) in [6.45, 7) is 15.4. The van der Waals surface area contributed by atoms with Gasteiger partial charge in [0.2, 0.25) is 5.91 Å². The molecular formula is C15H28N2O3. The highest BCUT2D eigenvalue weighted by atomic mass is 16.4. The molecule has 0 saturated heterocycles. The number of hydrogen-bond donors (Lipinski definition) is 1. The van der Waals surface area contributed by atoms with Crippen LogP contribution in [0.15, 0.2) is 12.2 Å². The van der Waals surface area contributed by atoms with Crippen molar-refractivity contribution in [1.82, 2.24) is 9.80 Å². The Labute approximate surface area is 122 Å². The molecule has 1 N–H and O–H groups in total. The van der Waals surface area contributed by atoms with Gasteiger partial charge < -0.3 is 10.0 Å². The summed E-state index contributed by atoms with van der Waals surface area (Å²) in [5.41, 5.74) is 0.696. The maximum atomic E-state index is 12.3. The van der Waals surface area contributed by atoms with Crippen LogP contribution >= 0.6 is 0 Å². The molecule has 0 atom stereocenters. The third-order valence-corrected chi connectivity index (χ3v) is 3.07. The van der Waals surface area contributed by atoms with Gasteiger partial charge in [0.15, 0.2) is 0 Å². The maximum absolute atomic E-state index is 12.3. The van der Waals surface area contributed by atoms with Crippen LogP contribution in [0.5, 0.6) is 0 Å². The monoisotopic (exact) mass is 284 g/mol. The van der Waals surface area contributed by atoms with E-state index < -0.39 is 5.97 Å². The van der Waals surface area contributed by atoms with Gasteiger partial charge in [0.25, 0.3) is 0 Å². The van der Waals surface area contributed by atoms with Crippen LogP contribution in [0, 0.1) is 0 Å². The number of likely N-dealkylation sites (N-methyl/N-ethyl adjacent to an activating group) is 1. The molecule has 0 aliphatic rings. The Bertz CT molecular complexity index is 359. The number of amides is 1. The summed E-state index contributed by atoms with van der Waals surface area (Å²) in [4.78, 5) is 26.7. The molecule has 0 rings (SSSR count). The zero-order chi connectivity index (χ0) is 15.9. The van der Waals surface area contributed by atoms with Gasteiger partial charge >= 0.3 is 5.97 Å². The molecule has 116 valence electrons. The van der Waals surface area contributed by atoms with Gasteiger partial charge in [-0.05, 0) is 34.6 Å². The lowest BCUT2D eigenvalue weighted by Crippen LogP contribution is -2.49. The van der Waals surface area contributed by atoms with Gasteiger partial charge in [0, 0.05) is 25.2 Å². The zero-order valence-corrected chi connectivity index (χ0v) is 13.4. The van der Waals surface area contributed by atoms with E-state index in [4.69, 9.17) is 5.11 Å². The summed E-state index contributed by atoms with van der Waals surface area (Å²) in [5.74, 6) is -0.836. The summed E-state index contributed by atoms with van der Waals surface area (Å²) >= 11 is 0. The fraction of sp³-hybridized carbons (Fsp3) is 0.733. The molecule has 0 aromatic heterocycles. The minimum Gasteiger partial charge on any atom is -0.481 e. The van der Waals surface area contributed by atoms with Crippen molar-refractivity contribution in [1.29, 1.82) is 0 Å². The van der Waals surface area contributed by atoms with Gasteiger partial charge in [-0.2, -0.15) is 0 Å². The summed E-state index contributed by atoms with van der Waals surface area (Å²) in [5, 5.41) is 8.80. The number of nitrogens with zero attached hydrogens (tertiary/aromatic N) is 2. The molecule has 0 fully saturated rings. The average Bonchev–Trinajstić information content (AvgIpc) is 2.28. The molecule has 0 saturated carbocycles. The van der Waals surface area contributed by atoms with Crippen LogP contribution in [0.4, 0.5) is 0 Å². The topological polar surface area (TPSA) is 60.9 Å². The molecule has 0 heterocycles. The van der Waals surface area contributed by atoms with E-state index in [0.717, 1.165) is 5.57 Å². The van der Waals surface area contributed by atoms with E-state index in [9.17, 15) is 9.59 Å². The lowest BCUT2D eigenvalue weighted by atomic mass is 10.1. The first-order chi connectivity index (χ1) is 9.07. The predicted molar refractivity (Wildman–Crippen MR) is 80.6 cm³/mol. The standard InChI is InChI=1S/C15H28N2O3/c1-7-16(10-12(2)3)13(18)11-17(15(4,5)6)9-8-14(19)20/h2,7-11H2,1,3-6H3,(H,19,20). The number of carboxylic acids is 1. The quantitative estimate of drug-likeness (QED) is 0.692. The molecule has 0 aromatic carbocycles. The van der Waals surface area contributed by atoms with Crippen molar-refractivity contribution in [2.75, 3.05) is 26.2 Å². The second kappa shape index (κ2) is 8.04. The SMILES string of the molecule is C=C(C)CN(CC)C(=O)CN(CCC(=O)O)C(C)(C)C. The van der Waals surface area contributed by atoms with Crippen LogP contribution in [0.1, 0.15) is 41.0 Å². The average molecular weight is 284 g/mol. The first-order valence-corrected chi connectivity index (χ1v) is 6.97. The summed E-state index contributed by atoms with van der Waals surface area (Å²) in [6, 6.07) is 0. The Morgan fingerprint density at radius 1 is 1.20 bits per heavy atom. The minimum atomic E-state index is -0.846. The Hall–Kier alpha value is -1.36. The molecule has 1 amide bonds. The van der Waals surface area contributed by atoms with Gasteiger partial charge in [0.05, 0.1) is 13.0 Å². The molecule has 0 radical (unpaired) electrons. The number of hydrogen-bond acceptors (Lipinski definition) is 3. The molecule has 0 aliphatic carbocycles. The zero-order valence-electron chi connectivity index (χ0n) is 13.4. The largest absolute Gasteiger partial charge is 0.481 e. The van der Waals surface area contributed by atoms with Crippen molar-refractivity contribution < 1.29 is 14.7 Å². The molecule has 0 aromatic rings. The van der Waals surface area contributed by atoms with Gasteiger partial charge in [-0.3, -0.25) is 14.5 Å². The van der Waals surface area contributed by atoms with Gasteiger partial charge in [0.1, 0.15) is 0 Å². The number of carboxylic acid groups (broad SMARTS) is 1. The van der Waals surface area contributed by atoms with E-state index in [-0.39, 0.29) is 24.4 Å². The van der Waals surface area contributed by atoms with E-state index in [1.54, 1.807) is 4.90 Å².